The quantitative estimate of drug-likeness (QED) is 0.876. The number of ether oxygens (including phenoxy) is 1. The van der Waals surface area contributed by atoms with E-state index in [-0.39, 0.29) is 12.2 Å². The van der Waals surface area contributed by atoms with Crippen LogP contribution in [0.1, 0.15) is 5.56 Å². The molecule has 6 heteroatoms. The molecule has 0 amide bonds. The number of H-pyrrole nitrogens is 1. The zero-order chi connectivity index (χ0) is 12.5. The van der Waals surface area contributed by atoms with E-state index in [1.54, 1.807) is 6.20 Å². The smallest absolute Gasteiger partial charge is 0.406 e. The Morgan fingerprint density at radius 3 is 2.76 bits per heavy atom. The molecule has 2 rings (SSSR count). The molecule has 88 valence electrons. The average Bonchev–Trinajstić information content (AvgIpc) is 2.59. The van der Waals surface area contributed by atoms with Gasteiger partial charge in [-0.2, -0.15) is 5.26 Å². The molecule has 0 spiro atoms. The van der Waals surface area contributed by atoms with Crippen LogP contribution in [0, 0.1) is 11.3 Å². The molecule has 0 aliphatic rings. The number of aromatic amines is 1. The number of nitrogens with zero attached hydrogens (tertiary/aromatic N) is 1. The highest BCUT2D eigenvalue weighted by Gasteiger charge is 2.31. The van der Waals surface area contributed by atoms with Gasteiger partial charge in [-0.25, -0.2) is 0 Å². The van der Waals surface area contributed by atoms with Gasteiger partial charge in [0.25, 0.3) is 0 Å². The molecule has 1 heterocycles. The van der Waals surface area contributed by atoms with Crippen molar-refractivity contribution in [3.63, 3.8) is 0 Å². The Bertz CT molecular complexity index is 580. The van der Waals surface area contributed by atoms with E-state index in [0.29, 0.717) is 5.52 Å². The summed E-state index contributed by atoms with van der Waals surface area (Å²) in [6.07, 6.45) is -2.89. The summed E-state index contributed by atoms with van der Waals surface area (Å²) in [5.41, 5.74) is 1.26. The van der Waals surface area contributed by atoms with Gasteiger partial charge in [-0.05, 0) is 17.7 Å². The summed E-state index contributed by atoms with van der Waals surface area (Å²) < 4.78 is 39.8. The highest BCUT2D eigenvalue weighted by Crippen LogP contribution is 2.27. The molecule has 0 fully saturated rings. The Kier molecular flexibility index (Phi) is 2.68. The van der Waals surface area contributed by atoms with Gasteiger partial charge in [0.15, 0.2) is 0 Å². The molecule has 0 saturated carbocycles. The van der Waals surface area contributed by atoms with E-state index < -0.39 is 6.36 Å². The number of aromatic nitrogens is 1. The number of hydrogen-bond donors (Lipinski definition) is 1. The van der Waals surface area contributed by atoms with Crippen molar-refractivity contribution in [2.45, 2.75) is 12.8 Å². The molecule has 1 N–H and O–H groups in total. The van der Waals surface area contributed by atoms with Crippen LogP contribution in [0.3, 0.4) is 0 Å². The van der Waals surface area contributed by atoms with E-state index in [4.69, 9.17) is 5.26 Å². The van der Waals surface area contributed by atoms with Crippen LogP contribution in [0.5, 0.6) is 5.75 Å². The number of halogens is 3. The van der Waals surface area contributed by atoms with Gasteiger partial charge in [0, 0.05) is 23.2 Å². The summed E-state index contributed by atoms with van der Waals surface area (Å²) in [7, 11) is 0. The minimum absolute atomic E-state index is 0.208. The monoisotopic (exact) mass is 240 g/mol. The fourth-order valence-electron chi connectivity index (χ4n) is 1.59. The SMILES string of the molecule is N#CCc1c[nH]c2cc(OC(F)(F)F)ccc12. The normalized spacial score (nSPS) is 11.4. The van der Waals surface area contributed by atoms with E-state index in [2.05, 4.69) is 9.72 Å². The Morgan fingerprint density at radius 2 is 2.12 bits per heavy atom. The number of nitrogens with one attached hydrogen (secondary N) is 1. The van der Waals surface area contributed by atoms with E-state index >= 15 is 0 Å². The van der Waals surface area contributed by atoms with Gasteiger partial charge in [0.1, 0.15) is 5.75 Å². The van der Waals surface area contributed by atoms with Crippen molar-refractivity contribution in [1.82, 2.24) is 4.98 Å². The number of nitriles is 1. The first-order valence-corrected chi connectivity index (χ1v) is 4.72. The Hall–Kier alpha value is -2.16. The highest BCUT2D eigenvalue weighted by atomic mass is 19.4. The molecule has 0 radical (unpaired) electrons. The van der Waals surface area contributed by atoms with Crippen LogP contribution >= 0.6 is 0 Å². The number of rotatable bonds is 2. The van der Waals surface area contributed by atoms with Crippen LogP contribution in [0.4, 0.5) is 13.2 Å². The highest BCUT2D eigenvalue weighted by molar-refractivity contribution is 5.84. The number of alkyl halides is 3. The first-order chi connectivity index (χ1) is 7.99. The first kappa shape index (κ1) is 11.3. The van der Waals surface area contributed by atoms with Gasteiger partial charge in [0.2, 0.25) is 0 Å². The zero-order valence-corrected chi connectivity index (χ0v) is 8.51. The van der Waals surface area contributed by atoms with Crippen LogP contribution in [0.15, 0.2) is 24.4 Å². The van der Waals surface area contributed by atoms with Crippen LogP contribution in [0.25, 0.3) is 10.9 Å². The maximum atomic E-state index is 12.0. The summed E-state index contributed by atoms with van der Waals surface area (Å²) >= 11 is 0. The molecule has 3 nitrogen and oxygen atoms in total. The van der Waals surface area contributed by atoms with Crippen molar-refractivity contribution in [3.8, 4) is 11.8 Å². The number of fused-ring (bicyclic) bond motifs is 1. The standard InChI is InChI=1S/C11H7F3N2O/c12-11(13,14)17-8-1-2-9-7(3-4-15)6-16-10(9)5-8/h1-2,5-6,16H,3H2. The average molecular weight is 240 g/mol. The molecule has 0 saturated heterocycles. The molecule has 17 heavy (non-hydrogen) atoms. The molecule has 0 aliphatic carbocycles. The zero-order valence-electron chi connectivity index (χ0n) is 8.51. The van der Waals surface area contributed by atoms with Crippen molar-refractivity contribution in [2.75, 3.05) is 0 Å². The van der Waals surface area contributed by atoms with E-state index in [9.17, 15) is 13.2 Å². The van der Waals surface area contributed by atoms with Crippen LogP contribution in [0.2, 0.25) is 0 Å². The van der Waals surface area contributed by atoms with Gasteiger partial charge in [0.05, 0.1) is 12.5 Å². The molecule has 0 unspecified atom stereocenters. The summed E-state index contributed by atoms with van der Waals surface area (Å²) in [5, 5.41) is 9.29. The van der Waals surface area contributed by atoms with Crippen LogP contribution < -0.4 is 4.74 Å². The van der Waals surface area contributed by atoms with Crippen LogP contribution in [-0.2, 0) is 6.42 Å². The predicted octanol–water partition coefficient (Wildman–Crippen LogP) is 3.13. The molecule has 1 aromatic heterocycles. The van der Waals surface area contributed by atoms with E-state index in [1.165, 1.54) is 18.2 Å². The summed E-state index contributed by atoms with van der Waals surface area (Å²) in [6.45, 7) is 0. The minimum Gasteiger partial charge on any atom is -0.406 e. The van der Waals surface area contributed by atoms with Gasteiger partial charge < -0.3 is 9.72 Å². The van der Waals surface area contributed by atoms with Gasteiger partial charge in [-0.15, -0.1) is 13.2 Å². The lowest BCUT2D eigenvalue weighted by Crippen LogP contribution is -2.16. The van der Waals surface area contributed by atoms with Gasteiger partial charge in [-0.1, -0.05) is 0 Å². The van der Waals surface area contributed by atoms with Crippen molar-refractivity contribution in [1.29, 1.82) is 5.26 Å². The van der Waals surface area contributed by atoms with Gasteiger partial charge in [-0.3, -0.25) is 0 Å². The Morgan fingerprint density at radius 1 is 1.35 bits per heavy atom. The molecule has 1 aromatic carbocycles. The van der Waals surface area contributed by atoms with Gasteiger partial charge >= 0.3 is 6.36 Å². The van der Waals surface area contributed by atoms with E-state index in [0.717, 1.165) is 10.9 Å². The lowest BCUT2D eigenvalue weighted by Gasteiger charge is -2.08. The second-order valence-corrected chi connectivity index (χ2v) is 3.40. The summed E-state index contributed by atoms with van der Waals surface area (Å²) in [6, 6.07) is 5.96. The number of benzene rings is 1. The predicted molar refractivity (Wildman–Crippen MR) is 54.3 cm³/mol. The molecule has 0 atom stereocenters. The van der Waals surface area contributed by atoms with Crippen molar-refractivity contribution in [2.24, 2.45) is 0 Å². The molecule has 0 bridgehead atoms. The molecular weight excluding hydrogens is 233 g/mol. The Balaban J connectivity index is 2.37. The second kappa shape index (κ2) is 4.01. The third kappa shape index (κ3) is 2.50. The topological polar surface area (TPSA) is 48.8 Å². The molecule has 2 aromatic rings. The fourth-order valence-corrected chi connectivity index (χ4v) is 1.59. The second-order valence-electron chi connectivity index (χ2n) is 3.40. The number of hydrogen-bond acceptors (Lipinski definition) is 2. The summed E-state index contributed by atoms with van der Waals surface area (Å²) in [4.78, 5) is 2.80. The Labute approximate surface area is 94.4 Å². The largest absolute Gasteiger partial charge is 0.573 e. The molecule has 0 aliphatic heterocycles. The third-order valence-electron chi connectivity index (χ3n) is 2.24. The third-order valence-corrected chi connectivity index (χ3v) is 2.24. The van der Waals surface area contributed by atoms with E-state index in [1.807, 2.05) is 6.07 Å². The maximum absolute atomic E-state index is 12.0. The fraction of sp³-hybridized carbons (Fsp3) is 0.182. The van der Waals surface area contributed by atoms with Crippen molar-refractivity contribution < 1.29 is 17.9 Å². The summed E-state index contributed by atoms with van der Waals surface area (Å²) in [5.74, 6) is -0.282. The lowest BCUT2D eigenvalue weighted by molar-refractivity contribution is -0.274. The van der Waals surface area contributed by atoms with Crippen molar-refractivity contribution >= 4 is 10.9 Å². The van der Waals surface area contributed by atoms with Crippen molar-refractivity contribution in [3.05, 3.63) is 30.0 Å². The molecular formula is C11H7F3N2O. The van der Waals surface area contributed by atoms with Crippen LogP contribution in [-0.4, -0.2) is 11.3 Å². The lowest BCUT2D eigenvalue weighted by atomic mass is 10.1. The maximum Gasteiger partial charge on any atom is 0.573 e. The minimum atomic E-state index is -4.70. The first-order valence-electron chi connectivity index (χ1n) is 4.72.